The predicted molar refractivity (Wildman–Crippen MR) is 73.4 cm³/mol. The molecule has 3 nitrogen and oxygen atoms in total. The molecule has 0 unspecified atom stereocenters. The van der Waals surface area contributed by atoms with Gasteiger partial charge in [0.2, 0.25) is 5.91 Å². The van der Waals surface area contributed by atoms with E-state index in [0.717, 1.165) is 17.5 Å². The van der Waals surface area contributed by atoms with Crippen molar-refractivity contribution in [2.24, 2.45) is 0 Å². The van der Waals surface area contributed by atoms with Crippen molar-refractivity contribution in [2.75, 3.05) is 6.54 Å². The van der Waals surface area contributed by atoms with Crippen molar-refractivity contribution in [3.05, 3.63) is 41.5 Å². The van der Waals surface area contributed by atoms with E-state index < -0.39 is 0 Å². The van der Waals surface area contributed by atoms with Crippen LogP contribution in [0.2, 0.25) is 0 Å². The molecule has 0 spiro atoms. The highest BCUT2D eigenvalue weighted by Gasteiger charge is 2.00. The molecule has 1 N–H and O–H groups in total. The molecular formula is C15H19NO2. The van der Waals surface area contributed by atoms with Crippen LogP contribution in [0.25, 0.3) is 6.08 Å². The second-order valence-corrected chi connectivity index (χ2v) is 4.07. The van der Waals surface area contributed by atoms with Crippen molar-refractivity contribution >= 4 is 17.8 Å². The minimum absolute atomic E-state index is 0.00849. The maximum atomic E-state index is 11.4. The number of carbonyl (C=O) groups excluding carboxylic acids is 2. The molecule has 0 aliphatic heterocycles. The SMILES string of the molecule is CCC(=O)c1ccc(C=CCCNC(C)=O)cc1. The number of benzene rings is 1. The summed E-state index contributed by atoms with van der Waals surface area (Å²) >= 11 is 0. The van der Waals surface area contributed by atoms with E-state index in [0.29, 0.717) is 13.0 Å². The van der Waals surface area contributed by atoms with Gasteiger partial charge in [-0.25, -0.2) is 0 Å². The number of carbonyl (C=O) groups is 2. The average Bonchev–Trinajstić information content (AvgIpc) is 2.38. The molecule has 1 aromatic rings. The largest absolute Gasteiger partial charge is 0.356 e. The van der Waals surface area contributed by atoms with E-state index in [4.69, 9.17) is 0 Å². The van der Waals surface area contributed by atoms with Crippen LogP contribution < -0.4 is 5.32 Å². The molecule has 0 aliphatic rings. The molecule has 1 amide bonds. The lowest BCUT2D eigenvalue weighted by molar-refractivity contribution is -0.118. The van der Waals surface area contributed by atoms with Gasteiger partial charge in [-0.1, -0.05) is 43.3 Å². The quantitative estimate of drug-likeness (QED) is 0.618. The molecule has 0 saturated heterocycles. The van der Waals surface area contributed by atoms with Gasteiger partial charge < -0.3 is 5.32 Å². The van der Waals surface area contributed by atoms with E-state index >= 15 is 0 Å². The van der Waals surface area contributed by atoms with Crippen LogP contribution in [0.5, 0.6) is 0 Å². The number of ketones is 1. The maximum absolute atomic E-state index is 11.4. The normalized spacial score (nSPS) is 10.6. The van der Waals surface area contributed by atoms with Gasteiger partial charge in [0, 0.05) is 25.5 Å². The Morgan fingerprint density at radius 3 is 2.44 bits per heavy atom. The van der Waals surface area contributed by atoms with Gasteiger partial charge in [-0.15, -0.1) is 0 Å². The van der Waals surface area contributed by atoms with Crippen LogP contribution >= 0.6 is 0 Å². The maximum Gasteiger partial charge on any atom is 0.216 e. The first kappa shape index (κ1) is 14.2. The van der Waals surface area contributed by atoms with Crippen LogP contribution in [0.4, 0.5) is 0 Å². The fourth-order valence-electron chi connectivity index (χ4n) is 1.54. The van der Waals surface area contributed by atoms with Crippen molar-refractivity contribution < 1.29 is 9.59 Å². The van der Waals surface area contributed by atoms with E-state index in [2.05, 4.69) is 5.32 Å². The molecule has 96 valence electrons. The Kier molecular flexibility index (Phi) is 5.85. The average molecular weight is 245 g/mol. The molecule has 0 atom stereocenters. The molecule has 0 aromatic heterocycles. The fourth-order valence-corrected chi connectivity index (χ4v) is 1.54. The number of Topliss-reactive ketones (excluding diaryl/α,β-unsaturated/α-hetero) is 1. The molecule has 0 bridgehead atoms. The van der Waals surface area contributed by atoms with E-state index in [1.54, 1.807) is 0 Å². The zero-order chi connectivity index (χ0) is 13.4. The number of rotatable bonds is 6. The van der Waals surface area contributed by atoms with Gasteiger partial charge >= 0.3 is 0 Å². The van der Waals surface area contributed by atoms with Crippen molar-refractivity contribution in [2.45, 2.75) is 26.7 Å². The van der Waals surface area contributed by atoms with Crippen LogP contribution in [0, 0.1) is 0 Å². The number of amides is 1. The first-order valence-electron chi connectivity index (χ1n) is 6.17. The van der Waals surface area contributed by atoms with E-state index in [-0.39, 0.29) is 11.7 Å². The number of hydrogen-bond acceptors (Lipinski definition) is 2. The van der Waals surface area contributed by atoms with Crippen molar-refractivity contribution in [1.29, 1.82) is 0 Å². The summed E-state index contributed by atoms with van der Waals surface area (Å²) in [6.07, 6.45) is 5.33. The Bertz CT molecular complexity index is 432. The van der Waals surface area contributed by atoms with Gasteiger partial charge in [-0.05, 0) is 12.0 Å². The Morgan fingerprint density at radius 2 is 1.89 bits per heavy atom. The van der Waals surface area contributed by atoms with E-state index in [1.165, 1.54) is 6.92 Å². The standard InChI is InChI=1S/C15H19NO2/c1-3-15(18)14-9-7-13(8-10-14)6-4-5-11-16-12(2)17/h4,6-10H,3,5,11H2,1-2H3,(H,16,17). The Hall–Kier alpha value is -1.90. The highest BCUT2D eigenvalue weighted by molar-refractivity contribution is 5.95. The molecule has 1 rings (SSSR count). The molecule has 18 heavy (non-hydrogen) atoms. The third kappa shape index (κ3) is 4.95. The second-order valence-electron chi connectivity index (χ2n) is 4.07. The van der Waals surface area contributed by atoms with Crippen molar-refractivity contribution in [3.8, 4) is 0 Å². The topological polar surface area (TPSA) is 46.2 Å². The summed E-state index contributed by atoms with van der Waals surface area (Å²) in [6.45, 7) is 4.02. The summed E-state index contributed by atoms with van der Waals surface area (Å²) in [6, 6.07) is 7.55. The molecule has 0 fully saturated rings. The van der Waals surface area contributed by atoms with Gasteiger partial charge in [0.15, 0.2) is 5.78 Å². The lowest BCUT2D eigenvalue weighted by Crippen LogP contribution is -2.20. The number of nitrogens with one attached hydrogen (secondary N) is 1. The van der Waals surface area contributed by atoms with Gasteiger partial charge in [-0.2, -0.15) is 0 Å². The van der Waals surface area contributed by atoms with Crippen molar-refractivity contribution in [1.82, 2.24) is 5.32 Å². The van der Waals surface area contributed by atoms with E-state index in [9.17, 15) is 9.59 Å². The molecule has 1 aromatic carbocycles. The summed E-state index contributed by atoms with van der Waals surface area (Å²) in [4.78, 5) is 22.1. The van der Waals surface area contributed by atoms with E-state index in [1.807, 2.05) is 43.3 Å². The third-order valence-corrected chi connectivity index (χ3v) is 2.55. The highest BCUT2D eigenvalue weighted by atomic mass is 16.1. The Morgan fingerprint density at radius 1 is 1.22 bits per heavy atom. The van der Waals surface area contributed by atoms with Gasteiger partial charge in [-0.3, -0.25) is 9.59 Å². The van der Waals surface area contributed by atoms with Crippen LogP contribution in [-0.4, -0.2) is 18.2 Å². The monoisotopic (exact) mass is 245 g/mol. The summed E-state index contributed by atoms with van der Waals surface area (Å²) in [5.74, 6) is 0.155. The fraction of sp³-hybridized carbons (Fsp3) is 0.333. The van der Waals surface area contributed by atoms with Crippen LogP contribution in [-0.2, 0) is 4.79 Å². The Balaban J connectivity index is 2.45. The number of hydrogen-bond donors (Lipinski definition) is 1. The second kappa shape index (κ2) is 7.43. The molecular weight excluding hydrogens is 226 g/mol. The predicted octanol–water partition coefficient (Wildman–Crippen LogP) is 2.82. The highest BCUT2D eigenvalue weighted by Crippen LogP contribution is 2.08. The lowest BCUT2D eigenvalue weighted by atomic mass is 10.1. The Labute approximate surface area is 108 Å². The molecule has 3 heteroatoms. The summed E-state index contributed by atoms with van der Waals surface area (Å²) in [7, 11) is 0. The molecule has 0 radical (unpaired) electrons. The van der Waals surface area contributed by atoms with Gasteiger partial charge in [0.25, 0.3) is 0 Å². The van der Waals surface area contributed by atoms with Gasteiger partial charge in [0.1, 0.15) is 0 Å². The van der Waals surface area contributed by atoms with Crippen molar-refractivity contribution in [3.63, 3.8) is 0 Å². The summed E-state index contributed by atoms with van der Waals surface area (Å²) in [5, 5.41) is 2.73. The minimum atomic E-state index is -0.00849. The summed E-state index contributed by atoms with van der Waals surface area (Å²) in [5.41, 5.74) is 1.82. The zero-order valence-corrected chi connectivity index (χ0v) is 10.9. The minimum Gasteiger partial charge on any atom is -0.356 e. The van der Waals surface area contributed by atoms with Gasteiger partial charge in [0.05, 0.1) is 0 Å². The molecule has 0 heterocycles. The lowest BCUT2D eigenvalue weighted by Gasteiger charge is -1.99. The van der Waals surface area contributed by atoms with Crippen LogP contribution in [0.3, 0.4) is 0 Å². The molecule has 0 saturated carbocycles. The van der Waals surface area contributed by atoms with Crippen LogP contribution in [0.15, 0.2) is 30.3 Å². The first-order chi connectivity index (χ1) is 8.63. The first-order valence-corrected chi connectivity index (χ1v) is 6.17. The molecule has 0 aliphatic carbocycles. The third-order valence-electron chi connectivity index (χ3n) is 2.55. The summed E-state index contributed by atoms with van der Waals surface area (Å²) < 4.78 is 0. The van der Waals surface area contributed by atoms with Crippen LogP contribution in [0.1, 0.15) is 42.6 Å². The smallest absolute Gasteiger partial charge is 0.216 e. The zero-order valence-electron chi connectivity index (χ0n) is 10.9.